The largest absolute Gasteiger partial charge is 0.486 e. The molecule has 1 heterocycles. The topological polar surface area (TPSA) is 80.3 Å². The molecule has 0 aliphatic heterocycles. The van der Waals surface area contributed by atoms with Gasteiger partial charge in [0.1, 0.15) is 17.4 Å². The molecule has 2 amide bonds. The number of thiazole rings is 1. The molecule has 8 heteroatoms. The Morgan fingerprint density at radius 2 is 1.79 bits per heavy atom. The van der Waals surface area contributed by atoms with Gasteiger partial charge in [-0.3, -0.25) is 20.4 Å². The van der Waals surface area contributed by atoms with Crippen molar-refractivity contribution in [2.24, 2.45) is 0 Å². The number of hydrogen-bond acceptors (Lipinski definition) is 5. The Balaban J connectivity index is 1.44. The van der Waals surface area contributed by atoms with Gasteiger partial charge in [0, 0.05) is 16.0 Å². The van der Waals surface area contributed by atoms with Crippen molar-refractivity contribution in [3.05, 3.63) is 80.8 Å². The average molecular weight is 430 g/mol. The number of aryl methyl sites for hydroxylation is 1. The van der Waals surface area contributed by atoms with Crippen molar-refractivity contribution >= 4 is 34.8 Å². The molecule has 0 saturated heterocycles. The monoisotopic (exact) mass is 429 g/mol. The van der Waals surface area contributed by atoms with Crippen molar-refractivity contribution in [2.45, 2.75) is 26.4 Å². The van der Waals surface area contributed by atoms with Crippen LogP contribution in [0.3, 0.4) is 0 Å². The third-order valence-corrected chi connectivity index (χ3v) is 5.18. The zero-order valence-corrected chi connectivity index (χ0v) is 17.3. The van der Waals surface area contributed by atoms with Crippen molar-refractivity contribution in [2.75, 3.05) is 0 Å². The number of nitrogens with one attached hydrogen (secondary N) is 2. The molecule has 2 N–H and O–H groups in total. The predicted molar refractivity (Wildman–Crippen MR) is 113 cm³/mol. The highest BCUT2D eigenvalue weighted by Gasteiger charge is 2.11. The molecule has 0 saturated carbocycles. The number of aromatic nitrogens is 1. The summed E-state index contributed by atoms with van der Waals surface area (Å²) in [5, 5.41) is 3.19. The number of carbonyl (C=O) groups is 2. The Kier molecular flexibility index (Phi) is 7.21. The summed E-state index contributed by atoms with van der Waals surface area (Å²) in [6.07, 6.45) is 0.964. The highest BCUT2D eigenvalue weighted by molar-refractivity contribution is 7.09. The summed E-state index contributed by atoms with van der Waals surface area (Å²) in [6.45, 7) is 2.35. The molecule has 0 unspecified atom stereocenters. The number of amides is 2. The van der Waals surface area contributed by atoms with Gasteiger partial charge in [0.05, 0.1) is 12.1 Å². The number of hydrogen-bond donors (Lipinski definition) is 2. The Bertz CT molecular complexity index is 972. The SMILES string of the molecule is CCc1ccc(C(=O)NNC(=O)Cc2csc(COc3ccc(Cl)cc3)n2)cc1. The maximum Gasteiger partial charge on any atom is 0.269 e. The molecular weight excluding hydrogens is 410 g/mol. The van der Waals surface area contributed by atoms with E-state index in [0.29, 0.717) is 28.6 Å². The molecule has 29 heavy (non-hydrogen) atoms. The van der Waals surface area contributed by atoms with Crippen LogP contribution in [0.2, 0.25) is 5.02 Å². The van der Waals surface area contributed by atoms with Crippen molar-refractivity contribution in [1.29, 1.82) is 0 Å². The van der Waals surface area contributed by atoms with Crippen LogP contribution < -0.4 is 15.6 Å². The number of ether oxygens (including phenoxy) is 1. The average Bonchev–Trinajstić information content (AvgIpc) is 3.19. The normalized spacial score (nSPS) is 10.4. The predicted octanol–water partition coefficient (Wildman–Crippen LogP) is 3.94. The van der Waals surface area contributed by atoms with Gasteiger partial charge in [0.2, 0.25) is 5.91 Å². The number of carbonyl (C=O) groups excluding carboxylic acids is 2. The number of halogens is 1. The van der Waals surface area contributed by atoms with Crippen LogP contribution in [0.15, 0.2) is 53.9 Å². The fraction of sp³-hybridized carbons (Fsp3) is 0.190. The minimum absolute atomic E-state index is 0.0620. The maximum absolute atomic E-state index is 12.1. The third-order valence-electron chi connectivity index (χ3n) is 4.06. The van der Waals surface area contributed by atoms with E-state index in [1.54, 1.807) is 41.8 Å². The fourth-order valence-corrected chi connectivity index (χ4v) is 3.30. The zero-order valence-electron chi connectivity index (χ0n) is 15.8. The zero-order chi connectivity index (χ0) is 20.6. The summed E-state index contributed by atoms with van der Waals surface area (Å²) in [6, 6.07) is 14.3. The maximum atomic E-state index is 12.1. The summed E-state index contributed by atoms with van der Waals surface area (Å²) in [7, 11) is 0. The summed E-state index contributed by atoms with van der Waals surface area (Å²) in [5.41, 5.74) is 7.07. The molecule has 3 aromatic rings. The fourth-order valence-electron chi connectivity index (χ4n) is 2.47. The van der Waals surface area contributed by atoms with Crippen molar-refractivity contribution in [3.63, 3.8) is 0 Å². The van der Waals surface area contributed by atoms with Crippen LogP contribution in [0.25, 0.3) is 0 Å². The van der Waals surface area contributed by atoms with Gasteiger partial charge in [-0.05, 0) is 48.4 Å². The van der Waals surface area contributed by atoms with Gasteiger partial charge >= 0.3 is 0 Å². The third kappa shape index (κ3) is 6.30. The molecule has 0 spiro atoms. The van der Waals surface area contributed by atoms with Crippen LogP contribution in [-0.4, -0.2) is 16.8 Å². The Morgan fingerprint density at radius 1 is 1.07 bits per heavy atom. The van der Waals surface area contributed by atoms with Gasteiger partial charge in [0.15, 0.2) is 0 Å². The molecular formula is C21H20ClN3O3S. The number of benzene rings is 2. The van der Waals surface area contributed by atoms with E-state index in [2.05, 4.69) is 15.8 Å². The molecule has 0 aliphatic rings. The van der Waals surface area contributed by atoms with Crippen molar-refractivity contribution in [3.8, 4) is 5.75 Å². The smallest absolute Gasteiger partial charge is 0.269 e. The Morgan fingerprint density at radius 3 is 2.48 bits per heavy atom. The molecule has 0 bridgehead atoms. The first-order valence-corrected chi connectivity index (χ1v) is 10.3. The van der Waals surface area contributed by atoms with E-state index in [-0.39, 0.29) is 18.2 Å². The van der Waals surface area contributed by atoms with Gasteiger partial charge in [-0.2, -0.15) is 0 Å². The summed E-state index contributed by atoms with van der Waals surface area (Å²) >= 11 is 7.25. The van der Waals surface area contributed by atoms with E-state index < -0.39 is 0 Å². The molecule has 0 fully saturated rings. The van der Waals surface area contributed by atoms with E-state index in [1.165, 1.54) is 11.3 Å². The van der Waals surface area contributed by atoms with Gasteiger partial charge in [-0.25, -0.2) is 4.98 Å². The molecule has 3 rings (SSSR count). The first-order valence-electron chi connectivity index (χ1n) is 9.03. The van der Waals surface area contributed by atoms with Gasteiger partial charge in [-0.15, -0.1) is 11.3 Å². The highest BCUT2D eigenvalue weighted by Crippen LogP contribution is 2.18. The lowest BCUT2D eigenvalue weighted by Gasteiger charge is -2.07. The number of nitrogens with zero attached hydrogens (tertiary/aromatic N) is 1. The lowest BCUT2D eigenvalue weighted by Crippen LogP contribution is -2.42. The molecule has 0 atom stereocenters. The molecule has 150 valence electrons. The van der Waals surface area contributed by atoms with Crippen LogP contribution in [-0.2, 0) is 24.2 Å². The van der Waals surface area contributed by atoms with Crippen LogP contribution >= 0.6 is 22.9 Å². The highest BCUT2D eigenvalue weighted by atomic mass is 35.5. The molecule has 2 aromatic carbocycles. The van der Waals surface area contributed by atoms with Crippen LogP contribution in [0.5, 0.6) is 5.75 Å². The summed E-state index contributed by atoms with van der Waals surface area (Å²) in [5.74, 6) is -0.0195. The molecule has 6 nitrogen and oxygen atoms in total. The minimum atomic E-state index is -0.365. The van der Waals surface area contributed by atoms with Gasteiger partial charge in [-0.1, -0.05) is 30.7 Å². The number of hydrazine groups is 1. The molecule has 1 aromatic heterocycles. The van der Waals surface area contributed by atoms with Crippen LogP contribution in [0.4, 0.5) is 0 Å². The first kappa shape index (κ1) is 20.8. The van der Waals surface area contributed by atoms with Gasteiger partial charge in [0.25, 0.3) is 5.91 Å². The second kappa shape index (κ2) is 10.0. The Hall–Kier alpha value is -2.90. The van der Waals surface area contributed by atoms with Gasteiger partial charge < -0.3 is 4.74 Å². The summed E-state index contributed by atoms with van der Waals surface area (Å²) in [4.78, 5) is 28.5. The Labute approximate surface area is 177 Å². The lowest BCUT2D eigenvalue weighted by molar-refractivity contribution is -0.121. The quantitative estimate of drug-likeness (QED) is 0.557. The van der Waals surface area contributed by atoms with Crippen LogP contribution in [0, 0.1) is 0 Å². The van der Waals surface area contributed by atoms with E-state index in [4.69, 9.17) is 16.3 Å². The standard InChI is InChI=1S/C21H20ClN3O3S/c1-2-14-3-5-15(6-4-14)21(27)25-24-19(26)11-17-13-29-20(23-17)12-28-18-9-7-16(22)8-10-18/h3-10,13H,2,11-12H2,1H3,(H,24,26)(H,25,27). The minimum Gasteiger partial charge on any atom is -0.486 e. The van der Waals surface area contributed by atoms with E-state index >= 15 is 0 Å². The lowest BCUT2D eigenvalue weighted by atomic mass is 10.1. The second-order valence-electron chi connectivity index (χ2n) is 6.20. The van der Waals surface area contributed by atoms with E-state index in [1.807, 2.05) is 19.1 Å². The second-order valence-corrected chi connectivity index (χ2v) is 7.58. The summed E-state index contributed by atoms with van der Waals surface area (Å²) < 4.78 is 5.64. The molecule has 0 aliphatic carbocycles. The first-order chi connectivity index (χ1) is 14.0. The molecule has 0 radical (unpaired) electrons. The van der Waals surface area contributed by atoms with Crippen molar-refractivity contribution < 1.29 is 14.3 Å². The van der Waals surface area contributed by atoms with E-state index in [0.717, 1.165) is 17.0 Å². The van der Waals surface area contributed by atoms with E-state index in [9.17, 15) is 9.59 Å². The number of rotatable bonds is 7. The van der Waals surface area contributed by atoms with Crippen LogP contribution in [0.1, 0.15) is 33.5 Å². The van der Waals surface area contributed by atoms with Crippen molar-refractivity contribution in [1.82, 2.24) is 15.8 Å².